The maximum absolute atomic E-state index is 11.4. The lowest BCUT2D eigenvalue weighted by Gasteiger charge is -1.97. The van der Waals surface area contributed by atoms with Gasteiger partial charge in [-0.25, -0.2) is 9.78 Å². The van der Waals surface area contributed by atoms with Crippen LogP contribution in [0.15, 0.2) is 39.4 Å². The number of ether oxygens (including phenoxy) is 1. The predicted molar refractivity (Wildman–Crippen MR) is 65.6 cm³/mol. The fraction of sp³-hybridized carbons (Fsp3) is 0.167. The number of aromatic nitrogens is 1. The molecule has 88 valence electrons. The van der Waals surface area contributed by atoms with E-state index in [9.17, 15) is 4.79 Å². The number of carbonyl (C=O) groups is 1. The number of rotatable bonds is 3. The zero-order chi connectivity index (χ0) is 12.3. The fourth-order valence-corrected chi connectivity index (χ4v) is 1.72. The SMILES string of the molecule is CCOC(=O)c1cnc(-c2cccc(Br)c2)o1. The van der Waals surface area contributed by atoms with E-state index in [0.29, 0.717) is 12.5 Å². The Morgan fingerprint density at radius 2 is 2.35 bits per heavy atom. The standard InChI is InChI=1S/C12H10BrNO3/c1-2-16-12(15)10-7-14-11(17-10)8-4-3-5-9(13)6-8/h3-7H,2H2,1H3. The maximum Gasteiger partial charge on any atom is 0.375 e. The van der Waals surface area contributed by atoms with Gasteiger partial charge in [-0.05, 0) is 25.1 Å². The molecule has 17 heavy (non-hydrogen) atoms. The van der Waals surface area contributed by atoms with Gasteiger partial charge in [0.05, 0.1) is 12.8 Å². The second-order valence-electron chi connectivity index (χ2n) is 3.26. The van der Waals surface area contributed by atoms with Crippen LogP contribution in [0.25, 0.3) is 11.5 Å². The van der Waals surface area contributed by atoms with Gasteiger partial charge in [0.25, 0.3) is 0 Å². The Hall–Kier alpha value is -1.62. The lowest BCUT2D eigenvalue weighted by molar-refractivity contribution is 0.0491. The van der Waals surface area contributed by atoms with E-state index in [0.717, 1.165) is 10.0 Å². The first-order valence-electron chi connectivity index (χ1n) is 5.09. The summed E-state index contributed by atoms with van der Waals surface area (Å²) in [6.07, 6.45) is 1.37. The van der Waals surface area contributed by atoms with Gasteiger partial charge >= 0.3 is 5.97 Å². The third-order valence-corrected chi connectivity index (χ3v) is 2.55. The highest BCUT2D eigenvalue weighted by Crippen LogP contribution is 2.22. The Bertz CT molecular complexity index is 536. The van der Waals surface area contributed by atoms with Gasteiger partial charge in [-0.1, -0.05) is 22.0 Å². The van der Waals surface area contributed by atoms with Crippen molar-refractivity contribution >= 4 is 21.9 Å². The molecule has 0 bridgehead atoms. The summed E-state index contributed by atoms with van der Waals surface area (Å²) in [5.74, 6) is 0.0115. The molecular weight excluding hydrogens is 286 g/mol. The second-order valence-corrected chi connectivity index (χ2v) is 4.18. The van der Waals surface area contributed by atoms with Crippen molar-refractivity contribution in [2.45, 2.75) is 6.92 Å². The largest absolute Gasteiger partial charge is 0.460 e. The molecule has 0 radical (unpaired) electrons. The molecule has 0 aliphatic heterocycles. The van der Waals surface area contributed by atoms with Gasteiger partial charge in [0.1, 0.15) is 0 Å². The summed E-state index contributed by atoms with van der Waals surface area (Å²) in [4.78, 5) is 15.4. The zero-order valence-electron chi connectivity index (χ0n) is 9.14. The lowest BCUT2D eigenvalue weighted by Crippen LogP contribution is -2.02. The molecule has 0 saturated carbocycles. The van der Waals surface area contributed by atoms with E-state index in [2.05, 4.69) is 20.9 Å². The van der Waals surface area contributed by atoms with E-state index >= 15 is 0 Å². The molecule has 0 amide bonds. The van der Waals surface area contributed by atoms with E-state index in [1.807, 2.05) is 24.3 Å². The molecule has 0 unspecified atom stereocenters. The van der Waals surface area contributed by atoms with Gasteiger partial charge in [-0.3, -0.25) is 0 Å². The average Bonchev–Trinajstić information content (AvgIpc) is 2.78. The van der Waals surface area contributed by atoms with E-state index in [4.69, 9.17) is 9.15 Å². The topological polar surface area (TPSA) is 52.3 Å². The number of oxazole rings is 1. The smallest absolute Gasteiger partial charge is 0.375 e. The molecule has 2 aromatic rings. The van der Waals surface area contributed by atoms with Crippen LogP contribution < -0.4 is 0 Å². The summed E-state index contributed by atoms with van der Waals surface area (Å²) in [5.41, 5.74) is 0.801. The molecule has 1 aromatic carbocycles. The van der Waals surface area contributed by atoms with E-state index in [1.54, 1.807) is 6.92 Å². The average molecular weight is 296 g/mol. The summed E-state index contributed by atoms with van der Waals surface area (Å²) in [6.45, 7) is 2.05. The molecular formula is C12H10BrNO3. The third-order valence-electron chi connectivity index (χ3n) is 2.05. The molecule has 1 aromatic heterocycles. The van der Waals surface area contributed by atoms with Crippen LogP contribution in [-0.4, -0.2) is 17.6 Å². The molecule has 4 nitrogen and oxygen atoms in total. The number of carbonyl (C=O) groups excluding carboxylic acids is 1. The summed E-state index contributed by atoms with van der Waals surface area (Å²) >= 11 is 3.36. The molecule has 5 heteroatoms. The Morgan fingerprint density at radius 3 is 3.06 bits per heavy atom. The van der Waals surface area contributed by atoms with Crippen molar-refractivity contribution in [2.24, 2.45) is 0 Å². The van der Waals surface area contributed by atoms with Crippen molar-refractivity contribution in [2.75, 3.05) is 6.61 Å². The van der Waals surface area contributed by atoms with Crippen molar-refractivity contribution in [1.29, 1.82) is 0 Å². The van der Waals surface area contributed by atoms with Crippen LogP contribution in [-0.2, 0) is 4.74 Å². The van der Waals surface area contributed by atoms with Crippen LogP contribution in [0.2, 0.25) is 0 Å². The van der Waals surface area contributed by atoms with Crippen molar-refractivity contribution < 1.29 is 13.9 Å². The summed E-state index contributed by atoms with van der Waals surface area (Å²) in [5, 5.41) is 0. The van der Waals surface area contributed by atoms with E-state index in [-0.39, 0.29) is 5.76 Å². The number of benzene rings is 1. The van der Waals surface area contributed by atoms with Gasteiger partial charge in [0.15, 0.2) is 0 Å². The molecule has 0 fully saturated rings. The monoisotopic (exact) mass is 295 g/mol. The predicted octanol–water partition coefficient (Wildman–Crippen LogP) is 3.28. The first-order chi connectivity index (χ1) is 8.20. The van der Waals surface area contributed by atoms with Crippen LogP contribution in [0.5, 0.6) is 0 Å². The molecule has 1 heterocycles. The van der Waals surface area contributed by atoms with Gasteiger partial charge in [-0.15, -0.1) is 0 Å². The minimum Gasteiger partial charge on any atom is -0.460 e. The highest BCUT2D eigenvalue weighted by molar-refractivity contribution is 9.10. The second kappa shape index (κ2) is 5.14. The normalized spacial score (nSPS) is 10.2. The minimum atomic E-state index is -0.499. The van der Waals surface area contributed by atoms with Crippen LogP contribution in [0, 0.1) is 0 Å². The van der Waals surface area contributed by atoms with E-state index in [1.165, 1.54) is 6.20 Å². The fourth-order valence-electron chi connectivity index (χ4n) is 1.33. The number of nitrogens with zero attached hydrogens (tertiary/aromatic N) is 1. The Kier molecular flexibility index (Phi) is 3.58. The van der Waals surface area contributed by atoms with E-state index < -0.39 is 5.97 Å². The third kappa shape index (κ3) is 2.74. The molecule has 2 rings (SSSR count). The Morgan fingerprint density at radius 1 is 1.53 bits per heavy atom. The molecule has 0 N–H and O–H groups in total. The summed E-state index contributed by atoms with van der Waals surface area (Å²) in [6, 6.07) is 7.48. The highest BCUT2D eigenvalue weighted by atomic mass is 79.9. The Labute approximate surface area is 107 Å². The lowest BCUT2D eigenvalue weighted by atomic mass is 10.2. The van der Waals surface area contributed by atoms with Gasteiger partial charge in [-0.2, -0.15) is 0 Å². The number of hydrogen-bond acceptors (Lipinski definition) is 4. The van der Waals surface area contributed by atoms with Gasteiger partial charge in [0.2, 0.25) is 11.7 Å². The Balaban J connectivity index is 2.27. The molecule has 0 saturated heterocycles. The first kappa shape index (κ1) is 11.9. The molecule has 0 aliphatic rings. The van der Waals surface area contributed by atoms with Crippen LogP contribution >= 0.6 is 15.9 Å². The van der Waals surface area contributed by atoms with Crippen LogP contribution in [0.1, 0.15) is 17.5 Å². The van der Waals surface area contributed by atoms with Crippen molar-refractivity contribution in [3.63, 3.8) is 0 Å². The number of esters is 1. The van der Waals surface area contributed by atoms with Crippen molar-refractivity contribution in [1.82, 2.24) is 4.98 Å². The number of hydrogen-bond donors (Lipinski definition) is 0. The molecule has 0 atom stereocenters. The molecule has 0 aliphatic carbocycles. The summed E-state index contributed by atoms with van der Waals surface area (Å²) in [7, 11) is 0. The van der Waals surface area contributed by atoms with Crippen LogP contribution in [0.3, 0.4) is 0 Å². The first-order valence-corrected chi connectivity index (χ1v) is 5.89. The van der Waals surface area contributed by atoms with Crippen LogP contribution in [0.4, 0.5) is 0 Å². The quantitative estimate of drug-likeness (QED) is 0.816. The molecule has 0 spiro atoms. The van der Waals surface area contributed by atoms with Gasteiger partial charge in [0, 0.05) is 10.0 Å². The summed E-state index contributed by atoms with van der Waals surface area (Å²) < 4.78 is 11.1. The van der Waals surface area contributed by atoms with Gasteiger partial charge < -0.3 is 9.15 Å². The minimum absolute atomic E-state index is 0.113. The van der Waals surface area contributed by atoms with Crippen molar-refractivity contribution in [3.05, 3.63) is 40.7 Å². The number of halogens is 1. The van der Waals surface area contributed by atoms with Crippen molar-refractivity contribution in [3.8, 4) is 11.5 Å². The maximum atomic E-state index is 11.4. The highest BCUT2D eigenvalue weighted by Gasteiger charge is 2.14. The zero-order valence-corrected chi connectivity index (χ0v) is 10.7.